The predicted molar refractivity (Wildman–Crippen MR) is 165 cm³/mol. The quantitative estimate of drug-likeness (QED) is 0.152. The molecule has 0 bridgehead atoms. The normalized spacial score (nSPS) is 17.4. The van der Waals surface area contributed by atoms with Crippen LogP contribution in [-0.4, -0.2) is 67.7 Å². The van der Waals surface area contributed by atoms with E-state index in [2.05, 4.69) is 6.07 Å². The number of rotatable bonds is 11. The van der Waals surface area contributed by atoms with Crippen LogP contribution in [0.2, 0.25) is 0 Å². The highest BCUT2D eigenvalue weighted by Crippen LogP contribution is 2.48. The number of aliphatic carboxylic acids is 2. The second-order valence-corrected chi connectivity index (χ2v) is 11.9. The fourth-order valence-corrected chi connectivity index (χ4v) is 5.98. The van der Waals surface area contributed by atoms with Gasteiger partial charge in [-0.25, -0.2) is 9.59 Å². The number of hydrogen-bond donors (Lipinski definition) is 4. The number of hydrogen-bond acceptors (Lipinski definition) is 6. The Kier molecular flexibility index (Phi) is 8.82. The molecule has 11 heteroatoms. The molecule has 0 amide bonds. The molecule has 0 unspecified atom stereocenters. The molecule has 0 radical (unpaired) electrons. The summed E-state index contributed by atoms with van der Waals surface area (Å²) in [4.78, 5) is 48.0. The highest BCUT2D eigenvalue weighted by molar-refractivity contribution is 6.04. The summed E-state index contributed by atoms with van der Waals surface area (Å²) in [6.45, 7) is 7.88. The molecule has 45 heavy (non-hydrogen) atoms. The van der Waals surface area contributed by atoms with E-state index < -0.39 is 34.7 Å². The van der Waals surface area contributed by atoms with Gasteiger partial charge in [0.25, 0.3) is 0 Å². The molecule has 0 saturated carbocycles. The molecule has 0 fully saturated rings. The Morgan fingerprint density at radius 1 is 0.867 bits per heavy atom. The minimum absolute atomic E-state index is 0.109. The zero-order chi connectivity index (χ0) is 33.3. The average Bonchev–Trinajstić information content (AvgIpc) is 3.32. The Labute approximate surface area is 260 Å². The fourth-order valence-electron chi connectivity index (χ4n) is 5.98. The number of nitrogens with zero attached hydrogens (tertiary/aromatic N) is 3. The van der Waals surface area contributed by atoms with Crippen molar-refractivity contribution >= 4 is 41.0 Å². The third-order valence-corrected chi connectivity index (χ3v) is 8.35. The van der Waals surface area contributed by atoms with Gasteiger partial charge in [-0.1, -0.05) is 13.8 Å². The number of benzene rings is 2. The fraction of sp³-hybridized carbons (Fsp3) is 0.294. The van der Waals surface area contributed by atoms with Gasteiger partial charge in [-0.3, -0.25) is 9.59 Å². The SMILES string of the molecule is CC1(C)C(/C=C/C(C#N)=C/C=C2/N(CCC(=O)O)c3ccc(C(=O)O)cc3C2(C)C)=[N+](CCC(=O)O)c2ccc(C(=O)O)cc21. The van der Waals surface area contributed by atoms with Gasteiger partial charge in [0.15, 0.2) is 12.3 Å². The van der Waals surface area contributed by atoms with Crippen molar-refractivity contribution in [3.8, 4) is 6.07 Å². The first-order valence-electron chi connectivity index (χ1n) is 14.2. The first-order valence-corrected chi connectivity index (χ1v) is 14.2. The van der Waals surface area contributed by atoms with Crippen molar-refractivity contribution in [3.63, 3.8) is 0 Å². The molecule has 2 aromatic carbocycles. The number of nitriles is 1. The topological polar surface area (TPSA) is 179 Å². The maximum Gasteiger partial charge on any atom is 0.335 e. The largest absolute Gasteiger partial charge is 0.481 e. The van der Waals surface area contributed by atoms with E-state index in [-0.39, 0.29) is 42.6 Å². The zero-order valence-corrected chi connectivity index (χ0v) is 25.4. The van der Waals surface area contributed by atoms with E-state index in [1.54, 1.807) is 48.6 Å². The van der Waals surface area contributed by atoms with Crippen molar-refractivity contribution in [3.05, 3.63) is 94.2 Å². The summed E-state index contributed by atoms with van der Waals surface area (Å²) in [6.07, 6.45) is 6.34. The van der Waals surface area contributed by atoms with Crippen molar-refractivity contribution in [1.82, 2.24) is 0 Å². The Morgan fingerprint density at radius 3 is 2.04 bits per heavy atom. The summed E-state index contributed by atoms with van der Waals surface area (Å²) in [6, 6.07) is 11.6. The van der Waals surface area contributed by atoms with Crippen LogP contribution in [0.1, 0.15) is 72.4 Å². The summed E-state index contributed by atoms with van der Waals surface area (Å²) in [5.74, 6) is -4.13. The van der Waals surface area contributed by atoms with Gasteiger partial charge in [0, 0.05) is 41.1 Å². The number of fused-ring (bicyclic) bond motifs is 2. The molecule has 4 N–H and O–H groups in total. The first-order chi connectivity index (χ1) is 21.1. The molecule has 2 aliphatic heterocycles. The van der Waals surface area contributed by atoms with E-state index in [1.165, 1.54) is 12.1 Å². The molecule has 232 valence electrons. The number of aromatic carboxylic acids is 2. The van der Waals surface area contributed by atoms with Crippen molar-refractivity contribution in [2.24, 2.45) is 0 Å². The van der Waals surface area contributed by atoms with E-state index in [1.807, 2.05) is 37.2 Å². The van der Waals surface area contributed by atoms with Gasteiger partial charge < -0.3 is 25.3 Å². The van der Waals surface area contributed by atoms with Crippen molar-refractivity contribution in [1.29, 1.82) is 5.26 Å². The van der Waals surface area contributed by atoms with Crippen LogP contribution in [0.5, 0.6) is 0 Å². The standard InChI is InChI=1S/C34H33N3O8/c1-33(2)23-17-21(31(42)43)7-9-25(23)36(15-13-29(38)39)27(33)11-5-20(19-35)6-12-28-34(3,4)24-18-22(32(44)45)8-10-26(24)37(28)16-14-30(40)41/h5-12,17-18H,13-16H2,1-4H3,(H3-,38,39,40,41,42,43,44,45)/p+1. The predicted octanol–water partition coefficient (Wildman–Crippen LogP) is 5.10. The van der Waals surface area contributed by atoms with E-state index in [4.69, 9.17) is 0 Å². The second kappa shape index (κ2) is 12.2. The lowest BCUT2D eigenvalue weighted by atomic mass is 9.80. The van der Waals surface area contributed by atoms with Crippen molar-refractivity contribution in [2.75, 3.05) is 18.0 Å². The summed E-state index contributed by atoms with van der Waals surface area (Å²) < 4.78 is 1.82. The lowest BCUT2D eigenvalue weighted by Crippen LogP contribution is -2.28. The van der Waals surface area contributed by atoms with Crippen LogP contribution in [0, 0.1) is 11.3 Å². The zero-order valence-electron chi connectivity index (χ0n) is 25.4. The van der Waals surface area contributed by atoms with Gasteiger partial charge >= 0.3 is 23.9 Å². The lowest BCUT2D eigenvalue weighted by Gasteiger charge is -2.26. The molecule has 0 aliphatic carbocycles. The van der Waals surface area contributed by atoms with Crippen LogP contribution in [0.25, 0.3) is 0 Å². The van der Waals surface area contributed by atoms with Gasteiger partial charge in [-0.2, -0.15) is 9.84 Å². The molecule has 0 aromatic heterocycles. The molecule has 11 nitrogen and oxygen atoms in total. The van der Waals surface area contributed by atoms with Gasteiger partial charge in [-0.05, 0) is 68.0 Å². The Balaban J connectivity index is 1.77. The summed E-state index contributed by atoms with van der Waals surface area (Å²) in [5, 5.41) is 47.9. The van der Waals surface area contributed by atoms with Crippen molar-refractivity contribution < 1.29 is 44.2 Å². The van der Waals surface area contributed by atoms with Crippen LogP contribution < -0.4 is 4.90 Å². The second-order valence-electron chi connectivity index (χ2n) is 11.9. The minimum atomic E-state index is -1.08. The summed E-state index contributed by atoms with van der Waals surface area (Å²) >= 11 is 0. The monoisotopic (exact) mass is 612 g/mol. The maximum atomic E-state index is 11.7. The van der Waals surface area contributed by atoms with E-state index in [0.29, 0.717) is 22.8 Å². The number of carbonyl (C=O) groups is 4. The van der Waals surface area contributed by atoms with Crippen LogP contribution in [-0.2, 0) is 20.4 Å². The van der Waals surface area contributed by atoms with Crippen LogP contribution >= 0.6 is 0 Å². The first kappa shape index (κ1) is 32.4. The van der Waals surface area contributed by atoms with Gasteiger partial charge in [0.2, 0.25) is 5.69 Å². The van der Waals surface area contributed by atoms with Gasteiger partial charge in [0.1, 0.15) is 6.42 Å². The highest BCUT2D eigenvalue weighted by atomic mass is 16.4. The van der Waals surface area contributed by atoms with Crippen molar-refractivity contribution in [2.45, 2.75) is 51.4 Å². The van der Waals surface area contributed by atoms with Crippen LogP contribution in [0.15, 0.2) is 72.0 Å². The molecule has 4 rings (SSSR count). The number of allylic oxidation sites excluding steroid dienone is 6. The Bertz CT molecular complexity index is 1790. The molecular formula is C34H34N3O8+. The number of carboxylic acid groups (broad SMARTS) is 4. The minimum Gasteiger partial charge on any atom is -0.481 e. The van der Waals surface area contributed by atoms with E-state index in [0.717, 1.165) is 11.1 Å². The Hall–Kier alpha value is -5.50. The molecule has 0 atom stereocenters. The van der Waals surface area contributed by atoms with Gasteiger partial charge in [0.05, 0.1) is 34.6 Å². The highest BCUT2D eigenvalue weighted by Gasteiger charge is 2.45. The average molecular weight is 613 g/mol. The molecule has 0 saturated heterocycles. The molecular weight excluding hydrogens is 578 g/mol. The van der Waals surface area contributed by atoms with Crippen LogP contribution in [0.3, 0.4) is 0 Å². The molecule has 0 spiro atoms. The smallest absolute Gasteiger partial charge is 0.335 e. The summed E-state index contributed by atoms with van der Waals surface area (Å²) in [7, 11) is 0. The molecule has 2 aromatic rings. The summed E-state index contributed by atoms with van der Waals surface area (Å²) in [5.41, 5.74) is 3.25. The molecule has 2 aliphatic rings. The van der Waals surface area contributed by atoms with E-state index in [9.17, 15) is 44.9 Å². The maximum absolute atomic E-state index is 11.7. The third kappa shape index (κ3) is 6.26. The lowest BCUT2D eigenvalue weighted by molar-refractivity contribution is -0.436. The van der Waals surface area contributed by atoms with Gasteiger partial charge in [-0.15, -0.1) is 0 Å². The van der Waals surface area contributed by atoms with E-state index >= 15 is 0 Å². The third-order valence-electron chi connectivity index (χ3n) is 8.35. The molecule has 2 heterocycles. The number of carboxylic acids is 4. The van der Waals surface area contributed by atoms with Crippen LogP contribution in [0.4, 0.5) is 11.4 Å². The number of anilines is 1. The Morgan fingerprint density at radius 2 is 1.47 bits per heavy atom.